The smallest absolute Gasteiger partial charge is 0.376 e. The molecular formula is C12H13F3N2O2. The van der Waals surface area contributed by atoms with Crippen molar-refractivity contribution >= 4 is 17.4 Å². The summed E-state index contributed by atoms with van der Waals surface area (Å²) in [6.07, 6.45) is -4.42. The van der Waals surface area contributed by atoms with Gasteiger partial charge >= 0.3 is 6.18 Å². The number of alkyl halides is 3. The van der Waals surface area contributed by atoms with E-state index < -0.39 is 18.6 Å². The minimum atomic E-state index is -4.42. The lowest BCUT2D eigenvalue weighted by Crippen LogP contribution is -2.37. The Bertz CT molecular complexity index is 455. The Morgan fingerprint density at radius 3 is 2.21 bits per heavy atom. The normalized spacial score (nSPS) is 10.9. The van der Waals surface area contributed by atoms with Gasteiger partial charge in [0.25, 0.3) is 0 Å². The zero-order valence-corrected chi connectivity index (χ0v) is 10.2. The van der Waals surface area contributed by atoms with Crippen LogP contribution < -0.4 is 10.6 Å². The summed E-state index contributed by atoms with van der Waals surface area (Å²) < 4.78 is 35.5. The maximum Gasteiger partial charge on any atom is 0.405 e. The van der Waals surface area contributed by atoms with Crippen molar-refractivity contribution in [1.82, 2.24) is 5.32 Å². The van der Waals surface area contributed by atoms with Crippen LogP contribution in [0.2, 0.25) is 0 Å². The zero-order valence-electron chi connectivity index (χ0n) is 10.2. The standard InChI is InChI=1S/C12H13F3N2O2/c1-8(18)9-2-4-10(5-3-9)16-6-11(19)17-7-12(13,14)15/h2-5,16H,6-7H2,1H3,(H,17,19). The minimum absolute atomic E-state index is 0.0885. The van der Waals surface area contributed by atoms with Crippen LogP contribution >= 0.6 is 0 Å². The highest BCUT2D eigenvalue weighted by atomic mass is 19.4. The molecule has 0 aliphatic heterocycles. The predicted molar refractivity (Wildman–Crippen MR) is 64.0 cm³/mol. The van der Waals surface area contributed by atoms with E-state index in [1.54, 1.807) is 29.6 Å². The Labute approximate surface area is 108 Å². The summed E-state index contributed by atoms with van der Waals surface area (Å²) in [5.41, 5.74) is 1.07. The third kappa shape index (κ3) is 5.89. The number of nitrogens with one attached hydrogen (secondary N) is 2. The number of carbonyl (C=O) groups is 2. The molecule has 0 spiro atoms. The number of amides is 1. The van der Waals surface area contributed by atoms with E-state index in [4.69, 9.17) is 0 Å². The van der Waals surface area contributed by atoms with E-state index in [2.05, 4.69) is 5.32 Å². The highest BCUT2D eigenvalue weighted by Gasteiger charge is 2.27. The Morgan fingerprint density at radius 2 is 1.74 bits per heavy atom. The Hall–Kier alpha value is -2.05. The van der Waals surface area contributed by atoms with Crippen LogP contribution in [0.25, 0.3) is 0 Å². The van der Waals surface area contributed by atoms with Gasteiger partial charge < -0.3 is 10.6 Å². The van der Waals surface area contributed by atoms with Crippen LogP contribution in [-0.2, 0) is 4.79 Å². The third-order valence-electron chi connectivity index (χ3n) is 2.23. The van der Waals surface area contributed by atoms with Crippen LogP contribution in [0.15, 0.2) is 24.3 Å². The van der Waals surface area contributed by atoms with E-state index >= 15 is 0 Å². The summed E-state index contributed by atoms with van der Waals surface area (Å²) in [5, 5.41) is 4.40. The number of benzene rings is 1. The molecule has 0 fully saturated rings. The quantitative estimate of drug-likeness (QED) is 0.807. The van der Waals surface area contributed by atoms with Gasteiger partial charge in [0.05, 0.1) is 6.54 Å². The molecule has 0 unspecified atom stereocenters. The second kappa shape index (κ2) is 6.21. The number of halogens is 3. The zero-order chi connectivity index (χ0) is 14.5. The first-order valence-corrected chi connectivity index (χ1v) is 5.46. The molecule has 0 atom stereocenters. The number of hydrogen-bond acceptors (Lipinski definition) is 3. The highest BCUT2D eigenvalue weighted by Crippen LogP contribution is 2.12. The van der Waals surface area contributed by atoms with Crippen molar-refractivity contribution < 1.29 is 22.8 Å². The molecule has 4 nitrogen and oxygen atoms in total. The van der Waals surface area contributed by atoms with Gasteiger partial charge in [-0.25, -0.2) is 0 Å². The molecule has 1 amide bonds. The van der Waals surface area contributed by atoms with Gasteiger partial charge in [0.2, 0.25) is 5.91 Å². The fourth-order valence-corrected chi connectivity index (χ4v) is 1.27. The molecule has 1 aromatic rings. The van der Waals surface area contributed by atoms with Gasteiger partial charge in [0, 0.05) is 11.3 Å². The van der Waals surface area contributed by atoms with E-state index in [9.17, 15) is 22.8 Å². The molecule has 7 heteroatoms. The van der Waals surface area contributed by atoms with Crippen molar-refractivity contribution in [2.45, 2.75) is 13.1 Å². The van der Waals surface area contributed by atoms with Crippen molar-refractivity contribution in [2.24, 2.45) is 0 Å². The summed E-state index contributed by atoms with van der Waals surface area (Å²) in [6.45, 7) is -0.195. The van der Waals surface area contributed by atoms with Crippen LogP contribution in [0, 0.1) is 0 Å². The summed E-state index contributed by atoms with van der Waals surface area (Å²) in [6, 6.07) is 6.29. The van der Waals surface area contributed by atoms with Gasteiger partial charge in [0.1, 0.15) is 6.54 Å². The SMILES string of the molecule is CC(=O)c1ccc(NCC(=O)NCC(F)(F)F)cc1. The van der Waals surface area contributed by atoms with Crippen molar-refractivity contribution in [3.63, 3.8) is 0 Å². The molecule has 1 rings (SSSR count). The lowest BCUT2D eigenvalue weighted by molar-refractivity contribution is -0.137. The number of rotatable bonds is 5. The maximum absolute atomic E-state index is 11.8. The van der Waals surface area contributed by atoms with Crippen molar-refractivity contribution in [3.05, 3.63) is 29.8 Å². The van der Waals surface area contributed by atoms with E-state index in [1.807, 2.05) is 0 Å². The molecule has 0 heterocycles. The first-order valence-electron chi connectivity index (χ1n) is 5.46. The molecule has 0 aromatic heterocycles. The monoisotopic (exact) mass is 274 g/mol. The topological polar surface area (TPSA) is 58.2 Å². The lowest BCUT2D eigenvalue weighted by Gasteiger charge is -2.09. The molecule has 104 valence electrons. The van der Waals surface area contributed by atoms with E-state index in [0.29, 0.717) is 11.3 Å². The van der Waals surface area contributed by atoms with E-state index in [0.717, 1.165) is 0 Å². The molecule has 0 saturated heterocycles. The van der Waals surface area contributed by atoms with Crippen molar-refractivity contribution in [3.8, 4) is 0 Å². The summed E-state index contributed by atoms with van der Waals surface area (Å²) in [5.74, 6) is -0.845. The molecule has 0 radical (unpaired) electrons. The second-order valence-corrected chi connectivity index (χ2v) is 3.88. The first kappa shape index (κ1) is 15.0. The van der Waals surface area contributed by atoms with Gasteiger partial charge in [-0.1, -0.05) is 0 Å². The Kier molecular flexibility index (Phi) is 4.91. The fourth-order valence-electron chi connectivity index (χ4n) is 1.27. The summed E-state index contributed by atoms with van der Waals surface area (Å²) in [4.78, 5) is 22.1. The molecule has 0 bridgehead atoms. The number of Topliss-reactive ketones (excluding diaryl/α,β-unsaturated/α-hetero) is 1. The highest BCUT2D eigenvalue weighted by molar-refractivity contribution is 5.94. The van der Waals surface area contributed by atoms with Gasteiger partial charge in [-0.3, -0.25) is 9.59 Å². The Morgan fingerprint density at radius 1 is 1.16 bits per heavy atom. The van der Waals surface area contributed by atoms with Crippen LogP contribution in [-0.4, -0.2) is 31.0 Å². The number of anilines is 1. The summed E-state index contributed by atoms with van der Waals surface area (Å²) >= 11 is 0. The van der Waals surface area contributed by atoms with Gasteiger partial charge in [0.15, 0.2) is 5.78 Å². The van der Waals surface area contributed by atoms with Crippen LogP contribution in [0.1, 0.15) is 17.3 Å². The largest absolute Gasteiger partial charge is 0.405 e. The second-order valence-electron chi connectivity index (χ2n) is 3.88. The number of ketones is 1. The summed E-state index contributed by atoms with van der Waals surface area (Å²) in [7, 11) is 0. The average Bonchev–Trinajstić information content (AvgIpc) is 2.33. The third-order valence-corrected chi connectivity index (χ3v) is 2.23. The molecular weight excluding hydrogens is 261 g/mol. The van der Waals surface area contributed by atoms with Gasteiger partial charge in [-0.15, -0.1) is 0 Å². The van der Waals surface area contributed by atoms with Crippen LogP contribution in [0.4, 0.5) is 18.9 Å². The molecule has 0 saturated carbocycles. The van der Waals surface area contributed by atoms with Gasteiger partial charge in [-0.2, -0.15) is 13.2 Å². The molecule has 0 aliphatic rings. The fraction of sp³-hybridized carbons (Fsp3) is 0.333. The molecule has 0 aliphatic carbocycles. The van der Waals surface area contributed by atoms with Crippen molar-refractivity contribution in [2.75, 3.05) is 18.4 Å². The minimum Gasteiger partial charge on any atom is -0.376 e. The molecule has 19 heavy (non-hydrogen) atoms. The Balaban J connectivity index is 2.40. The molecule has 1 aromatic carbocycles. The predicted octanol–water partition coefficient (Wildman–Crippen LogP) is 1.98. The first-order chi connectivity index (χ1) is 8.78. The average molecular weight is 274 g/mol. The van der Waals surface area contributed by atoms with Crippen LogP contribution in [0.5, 0.6) is 0 Å². The van der Waals surface area contributed by atoms with Crippen molar-refractivity contribution in [1.29, 1.82) is 0 Å². The lowest BCUT2D eigenvalue weighted by atomic mass is 10.1. The molecule has 2 N–H and O–H groups in total. The van der Waals surface area contributed by atoms with E-state index in [-0.39, 0.29) is 12.3 Å². The van der Waals surface area contributed by atoms with Crippen LogP contribution in [0.3, 0.4) is 0 Å². The number of hydrogen-bond donors (Lipinski definition) is 2. The van der Waals surface area contributed by atoms with Gasteiger partial charge in [-0.05, 0) is 31.2 Å². The van der Waals surface area contributed by atoms with E-state index in [1.165, 1.54) is 6.92 Å². The number of carbonyl (C=O) groups excluding carboxylic acids is 2. The maximum atomic E-state index is 11.8.